The number of nitrogens with zero attached hydrogens (tertiary/aromatic N) is 2. The summed E-state index contributed by atoms with van der Waals surface area (Å²) < 4.78 is 0. The van der Waals surface area contributed by atoms with Crippen LogP contribution in [0.2, 0.25) is 0 Å². The second-order valence-corrected chi connectivity index (χ2v) is 3.29. The SMILES string of the molecule is N=C1CCC2CCC(N)=NC2=N1. The highest BCUT2D eigenvalue weighted by atomic mass is 15.0. The van der Waals surface area contributed by atoms with E-state index in [0.29, 0.717) is 17.6 Å². The zero-order valence-electron chi connectivity index (χ0n) is 6.88. The van der Waals surface area contributed by atoms with E-state index in [4.69, 9.17) is 11.1 Å². The number of rotatable bonds is 0. The summed E-state index contributed by atoms with van der Waals surface area (Å²) in [7, 11) is 0. The molecule has 12 heavy (non-hydrogen) atoms. The zero-order chi connectivity index (χ0) is 8.55. The molecule has 0 aromatic carbocycles. The van der Waals surface area contributed by atoms with Gasteiger partial charge in [-0.25, -0.2) is 9.98 Å². The number of nitrogens with one attached hydrogen (secondary N) is 1. The van der Waals surface area contributed by atoms with Crippen molar-refractivity contribution in [1.82, 2.24) is 0 Å². The van der Waals surface area contributed by atoms with Gasteiger partial charge in [0.05, 0.1) is 0 Å². The first-order valence-electron chi connectivity index (χ1n) is 4.25. The predicted octanol–water partition coefficient (Wildman–Crippen LogP) is 0.923. The Kier molecular flexibility index (Phi) is 1.67. The monoisotopic (exact) mass is 164 g/mol. The number of aliphatic imine (C=N–C) groups is 2. The molecule has 0 fully saturated rings. The van der Waals surface area contributed by atoms with E-state index >= 15 is 0 Å². The Labute approximate surface area is 71.1 Å². The summed E-state index contributed by atoms with van der Waals surface area (Å²) in [4.78, 5) is 8.25. The molecular weight excluding hydrogens is 152 g/mol. The first kappa shape index (κ1) is 7.46. The third kappa shape index (κ3) is 1.24. The van der Waals surface area contributed by atoms with E-state index in [0.717, 1.165) is 31.5 Å². The number of amidine groups is 3. The highest BCUT2D eigenvalue weighted by molar-refractivity contribution is 6.06. The fourth-order valence-electron chi connectivity index (χ4n) is 1.64. The third-order valence-electron chi connectivity index (χ3n) is 2.35. The Bertz CT molecular complexity index is 277. The van der Waals surface area contributed by atoms with Gasteiger partial charge in [0, 0.05) is 18.8 Å². The molecule has 4 nitrogen and oxygen atoms in total. The Morgan fingerprint density at radius 3 is 2.83 bits per heavy atom. The molecular formula is C8H12N4. The molecule has 2 aliphatic heterocycles. The van der Waals surface area contributed by atoms with Crippen LogP contribution in [0.4, 0.5) is 0 Å². The first-order chi connectivity index (χ1) is 5.75. The molecule has 0 aliphatic carbocycles. The molecule has 2 rings (SSSR count). The maximum atomic E-state index is 7.38. The van der Waals surface area contributed by atoms with Crippen LogP contribution in [-0.2, 0) is 0 Å². The van der Waals surface area contributed by atoms with Crippen molar-refractivity contribution in [2.75, 3.05) is 0 Å². The van der Waals surface area contributed by atoms with Gasteiger partial charge in [-0.3, -0.25) is 5.41 Å². The maximum absolute atomic E-state index is 7.38. The number of nitrogens with two attached hydrogens (primary N) is 1. The lowest BCUT2D eigenvalue weighted by Gasteiger charge is -2.24. The van der Waals surface area contributed by atoms with Crippen LogP contribution in [0.3, 0.4) is 0 Å². The number of hydrogen-bond donors (Lipinski definition) is 2. The molecule has 0 spiro atoms. The van der Waals surface area contributed by atoms with Crippen LogP contribution >= 0.6 is 0 Å². The summed E-state index contributed by atoms with van der Waals surface area (Å²) in [5.74, 6) is 2.36. The van der Waals surface area contributed by atoms with E-state index in [2.05, 4.69) is 9.98 Å². The summed E-state index contributed by atoms with van der Waals surface area (Å²) in [5.41, 5.74) is 5.59. The first-order valence-corrected chi connectivity index (χ1v) is 4.25. The topological polar surface area (TPSA) is 74.6 Å². The average Bonchev–Trinajstić information content (AvgIpc) is 2.03. The van der Waals surface area contributed by atoms with Crippen LogP contribution in [-0.4, -0.2) is 17.5 Å². The Morgan fingerprint density at radius 1 is 1.25 bits per heavy atom. The number of hydrogen-bond acceptors (Lipinski definition) is 3. The largest absolute Gasteiger partial charge is 0.387 e. The molecule has 4 heteroatoms. The van der Waals surface area contributed by atoms with Gasteiger partial charge in [-0.1, -0.05) is 0 Å². The summed E-state index contributed by atoms with van der Waals surface area (Å²) in [6, 6.07) is 0. The van der Waals surface area contributed by atoms with E-state index in [9.17, 15) is 0 Å². The summed E-state index contributed by atoms with van der Waals surface area (Å²) in [6.45, 7) is 0. The van der Waals surface area contributed by atoms with Crippen LogP contribution in [0.15, 0.2) is 9.98 Å². The Morgan fingerprint density at radius 2 is 2.00 bits per heavy atom. The average molecular weight is 164 g/mol. The van der Waals surface area contributed by atoms with Crippen molar-refractivity contribution < 1.29 is 0 Å². The molecule has 3 N–H and O–H groups in total. The fourth-order valence-corrected chi connectivity index (χ4v) is 1.64. The van der Waals surface area contributed by atoms with Crippen molar-refractivity contribution in [2.24, 2.45) is 21.6 Å². The highest BCUT2D eigenvalue weighted by Crippen LogP contribution is 2.24. The molecule has 2 heterocycles. The minimum absolute atomic E-state index is 0.444. The van der Waals surface area contributed by atoms with Crippen molar-refractivity contribution in [3.8, 4) is 0 Å². The van der Waals surface area contributed by atoms with Gasteiger partial charge in [-0.05, 0) is 12.8 Å². The van der Waals surface area contributed by atoms with Crippen molar-refractivity contribution in [2.45, 2.75) is 25.7 Å². The summed E-state index contributed by atoms with van der Waals surface area (Å²) in [6.07, 6.45) is 3.76. The molecule has 0 amide bonds. The van der Waals surface area contributed by atoms with Crippen molar-refractivity contribution in [1.29, 1.82) is 5.41 Å². The molecule has 0 saturated carbocycles. The lowest BCUT2D eigenvalue weighted by Crippen LogP contribution is -2.29. The Hall–Kier alpha value is -1.19. The number of fused-ring (bicyclic) bond motifs is 1. The molecule has 2 aliphatic rings. The van der Waals surface area contributed by atoms with Crippen molar-refractivity contribution in [3.63, 3.8) is 0 Å². The van der Waals surface area contributed by atoms with E-state index in [1.165, 1.54) is 0 Å². The van der Waals surface area contributed by atoms with Gasteiger partial charge >= 0.3 is 0 Å². The smallest absolute Gasteiger partial charge is 0.135 e. The second kappa shape index (κ2) is 2.69. The van der Waals surface area contributed by atoms with Gasteiger partial charge in [-0.15, -0.1) is 0 Å². The fraction of sp³-hybridized carbons (Fsp3) is 0.625. The van der Waals surface area contributed by atoms with Gasteiger partial charge in [0.2, 0.25) is 0 Å². The highest BCUT2D eigenvalue weighted by Gasteiger charge is 2.24. The van der Waals surface area contributed by atoms with Gasteiger partial charge in [0.1, 0.15) is 17.5 Å². The molecule has 0 bridgehead atoms. The molecule has 0 radical (unpaired) electrons. The third-order valence-corrected chi connectivity index (χ3v) is 2.35. The molecule has 0 aromatic rings. The van der Waals surface area contributed by atoms with E-state index in [1.54, 1.807) is 0 Å². The van der Waals surface area contributed by atoms with Crippen LogP contribution in [0.25, 0.3) is 0 Å². The van der Waals surface area contributed by atoms with Gasteiger partial charge in [-0.2, -0.15) is 0 Å². The minimum Gasteiger partial charge on any atom is -0.387 e. The lowest BCUT2D eigenvalue weighted by atomic mass is 9.91. The summed E-state index contributed by atoms with van der Waals surface area (Å²) >= 11 is 0. The van der Waals surface area contributed by atoms with Crippen LogP contribution in [0.1, 0.15) is 25.7 Å². The van der Waals surface area contributed by atoms with E-state index in [1.807, 2.05) is 0 Å². The van der Waals surface area contributed by atoms with Crippen LogP contribution < -0.4 is 5.73 Å². The standard InChI is InChI=1S/C8H12N4/c9-6-3-1-5-2-4-7(10)12-8(5)11-6/h5H,1-4H2,(H3,9,10,11,12). The second-order valence-electron chi connectivity index (χ2n) is 3.29. The van der Waals surface area contributed by atoms with Crippen molar-refractivity contribution >= 4 is 17.5 Å². The normalized spacial score (nSPS) is 29.0. The predicted molar refractivity (Wildman–Crippen MR) is 48.7 cm³/mol. The van der Waals surface area contributed by atoms with Crippen LogP contribution in [0.5, 0.6) is 0 Å². The molecule has 0 saturated heterocycles. The Balaban J connectivity index is 2.31. The molecule has 1 atom stereocenters. The molecule has 64 valence electrons. The maximum Gasteiger partial charge on any atom is 0.135 e. The molecule has 0 aromatic heterocycles. The quantitative estimate of drug-likeness (QED) is 0.549. The summed E-state index contributed by atoms with van der Waals surface area (Å²) in [5, 5.41) is 7.38. The lowest BCUT2D eigenvalue weighted by molar-refractivity contribution is 0.576. The molecule has 1 unspecified atom stereocenters. The van der Waals surface area contributed by atoms with E-state index < -0.39 is 0 Å². The van der Waals surface area contributed by atoms with Gasteiger partial charge in [0.25, 0.3) is 0 Å². The zero-order valence-corrected chi connectivity index (χ0v) is 6.88. The van der Waals surface area contributed by atoms with Gasteiger partial charge in [0.15, 0.2) is 0 Å². The minimum atomic E-state index is 0.444. The van der Waals surface area contributed by atoms with Crippen LogP contribution in [0, 0.1) is 11.3 Å². The van der Waals surface area contributed by atoms with Gasteiger partial charge < -0.3 is 5.73 Å². The van der Waals surface area contributed by atoms with Crippen molar-refractivity contribution in [3.05, 3.63) is 0 Å². The van der Waals surface area contributed by atoms with E-state index in [-0.39, 0.29) is 0 Å².